The lowest BCUT2D eigenvalue weighted by atomic mass is 10.2. The Kier molecular flexibility index (Phi) is 3.25. The molecule has 13 heavy (non-hydrogen) atoms. The molecule has 0 aromatic carbocycles. The van der Waals surface area contributed by atoms with Crippen molar-refractivity contribution in [1.29, 1.82) is 0 Å². The summed E-state index contributed by atoms with van der Waals surface area (Å²) in [6.45, 7) is 0. The van der Waals surface area contributed by atoms with Gasteiger partial charge < -0.3 is 9.15 Å². The van der Waals surface area contributed by atoms with Crippen molar-refractivity contribution >= 4 is 27.7 Å². The van der Waals surface area contributed by atoms with Gasteiger partial charge in [-0.1, -0.05) is 0 Å². The van der Waals surface area contributed by atoms with E-state index in [4.69, 9.17) is 4.42 Å². The summed E-state index contributed by atoms with van der Waals surface area (Å²) >= 11 is 3.05. The number of hydrogen-bond donors (Lipinski definition) is 0. The second-order valence-electron chi connectivity index (χ2n) is 2.32. The maximum atomic E-state index is 11.2. The normalized spacial score (nSPS) is 9.69. The van der Waals surface area contributed by atoms with Crippen molar-refractivity contribution < 1.29 is 18.7 Å². The molecule has 0 fully saturated rings. The highest BCUT2D eigenvalue weighted by Crippen LogP contribution is 2.15. The molecule has 1 aromatic rings. The van der Waals surface area contributed by atoms with Crippen LogP contribution in [0.1, 0.15) is 16.8 Å². The first-order chi connectivity index (χ1) is 6.13. The van der Waals surface area contributed by atoms with Crippen LogP contribution in [0.2, 0.25) is 0 Å². The molecule has 0 unspecified atom stereocenters. The molecule has 70 valence electrons. The molecule has 0 bridgehead atoms. The highest BCUT2D eigenvalue weighted by molar-refractivity contribution is 9.10. The third-order valence-electron chi connectivity index (χ3n) is 1.42. The number of esters is 1. The fourth-order valence-electron chi connectivity index (χ4n) is 0.762. The minimum Gasteiger partial charge on any atom is -0.469 e. The second-order valence-corrected chi connectivity index (χ2v) is 3.10. The first-order valence-corrected chi connectivity index (χ1v) is 4.27. The van der Waals surface area contributed by atoms with Crippen molar-refractivity contribution in [2.75, 3.05) is 7.11 Å². The minimum absolute atomic E-state index is 0.261. The predicted molar refractivity (Wildman–Crippen MR) is 47.4 cm³/mol. The Bertz CT molecular complexity index is 329. The molecular weight excluding hydrogens is 240 g/mol. The number of hydrogen-bond acceptors (Lipinski definition) is 4. The summed E-state index contributed by atoms with van der Waals surface area (Å²) in [7, 11) is 1.24. The SMILES string of the molecule is COC(=O)CC(=O)c1coc(Br)c1. The van der Waals surface area contributed by atoms with Crippen molar-refractivity contribution in [3.8, 4) is 0 Å². The first-order valence-electron chi connectivity index (χ1n) is 3.47. The van der Waals surface area contributed by atoms with E-state index >= 15 is 0 Å². The standard InChI is InChI=1S/C8H7BrO4/c1-12-8(11)3-6(10)5-2-7(9)13-4-5/h2,4H,3H2,1H3. The molecule has 0 amide bonds. The average Bonchev–Trinajstić information content (AvgIpc) is 2.51. The van der Waals surface area contributed by atoms with Crippen LogP contribution in [-0.4, -0.2) is 18.9 Å². The lowest BCUT2D eigenvalue weighted by molar-refractivity contribution is -0.139. The highest BCUT2D eigenvalue weighted by Gasteiger charge is 2.13. The Hall–Kier alpha value is -1.10. The molecule has 0 aliphatic carbocycles. The van der Waals surface area contributed by atoms with Gasteiger partial charge >= 0.3 is 5.97 Å². The molecule has 0 N–H and O–H groups in total. The summed E-state index contributed by atoms with van der Waals surface area (Å²) in [6, 6.07) is 1.51. The Balaban J connectivity index is 2.64. The Morgan fingerprint density at radius 3 is 2.77 bits per heavy atom. The summed E-state index contributed by atoms with van der Waals surface area (Å²) in [5.41, 5.74) is 0.359. The van der Waals surface area contributed by atoms with E-state index in [-0.39, 0.29) is 12.2 Å². The number of carbonyl (C=O) groups is 2. The molecule has 1 aromatic heterocycles. The van der Waals surface area contributed by atoms with E-state index < -0.39 is 5.97 Å². The molecule has 1 heterocycles. The molecular formula is C8H7BrO4. The van der Waals surface area contributed by atoms with Crippen molar-refractivity contribution in [3.05, 3.63) is 22.6 Å². The molecule has 0 atom stereocenters. The minimum atomic E-state index is -0.553. The summed E-state index contributed by atoms with van der Waals surface area (Å²) < 4.78 is 9.65. The molecule has 0 aliphatic rings. The van der Waals surface area contributed by atoms with Crippen molar-refractivity contribution in [2.24, 2.45) is 0 Å². The zero-order valence-corrected chi connectivity index (χ0v) is 8.46. The Labute approximate surface area is 83.0 Å². The van der Waals surface area contributed by atoms with Crippen LogP contribution in [0.25, 0.3) is 0 Å². The summed E-state index contributed by atoms with van der Waals surface area (Å²) in [5, 5.41) is 0. The number of rotatable bonds is 3. The fraction of sp³-hybridized carbons (Fsp3) is 0.250. The van der Waals surface area contributed by atoms with Crippen LogP contribution in [0.3, 0.4) is 0 Å². The van der Waals surface area contributed by atoms with Crippen LogP contribution in [0.4, 0.5) is 0 Å². The summed E-state index contributed by atoms with van der Waals surface area (Å²) in [6.07, 6.45) is 1.03. The van der Waals surface area contributed by atoms with Crippen molar-refractivity contribution in [2.45, 2.75) is 6.42 Å². The first kappa shape index (κ1) is 9.98. The number of furan rings is 1. The van der Waals surface area contributed by atoms with Gasteiger partial charge in [0, 0.05) is 6.07 Å². The maximum absolute atomic E-state index is 11.2. The van der Waals surface area contributed by atoms with E-state index in [1.807, 2.05) is 0 Å². The molecule has 0 radical (unpaired) electrons. The largest absolute Gasteiger partial charge is 0.469 e. The smallest absolute Gasteiger partial charge is 0.313 e. The van der Waals surface area contributed by atoms with Crippen molar-refractivity contribution in [3.63, 3.8) is 0 Å². The molecule has 0 saturated carbocycles. The number of halogens is 1. The van der Waals surface area contributed by atoms with Crippen molar-refractivity contribution in [1.82, 2.24) is 0 Å². The zero-order chi connectivity index (χ0) is 9.84. The second kappa shape index (κ2) is 4.23. The van der Waals surface area contributed by atoms with Crippen LogP contribution in [0.15, 0.2) is 21.4 Å². The van der Waals surface area contributed by atoms with Gasteiger partial charge in [-0.2, -0.15) is 0 Å². The van der Waals surface area contributed by atoms with Gasteiger partial charge in [0.05, 0.1) is 12.7 Å². The lowest BCUT2D eigenvalue weighted by Gasteiger charge is -1.94. The van der Waals surface area contributed by atoms with E-state index in [1.165, 1.54) is 19.4 Å². The van der Waals surface area contributed by atoms with Gasteiger partial charge in [0.15, 0.2) is 10.5 Å². The van der Waals surface area contributed by atoms with E-state index in [0.29, 0.717) is 10.2 Å². The van der Waals surface area contributed by atoms with Crippen LogP contribution < -0.4 is 0 Å². The molecule has 0 aliphatic heterocycles. The molecule has 0 spiro atoms. The molecule has 4 nitrogen and oxygen atoms in total. The highest BCUT2D eigenvalue weighted by atomic mass is 79.9. The number of ketones is 1. The molecule has 0 saturated heterocycles. The summed E-state index contributed by atoms with van der Waals surface area (Å²) in [4.78, 5) is 22.0. The zero-order valence-electron chi connectivity index (χ0n) is 6.87. The van der Waals surface area contributed by atoms with Gasteiger partial charge in [-0.15, -0.1) is 0 Å². The lowest BCUT2D eigenvalue weighted by Crippen LogP contribution is -2.08. The third-order valence-corrected chi connectivity index (χ3v) is 1.84. The van der Waals surface area contributed by atoms with E-state index in [2.05, 4.69) is 20.7 Å². The quantitative estimate of drug-likeness (QED) is 0.464. The van der Waals surface area contributed by atoms with Crippen LogP contribution in [0, 0.1) is 0 Å². The summed E-state index contributed by atoms with van der Waals surface area (Å²) in [5.74, 6) is -0.872. The van der Waals surface area contributed by atoms with E-state index in [1.54, 1.807) is 0 Å². The number of methoxy groups -OCH3 is 1. The Morgan fingerprint density at radius 2 is 2.31 bits per heavy atom. The number of Topliss-reactive ketones (excluding diaryl/α,β-unsaturated/α-hetero) is 1. The van der Waals surface area contributed by atoms with Gasteiger partial charge in [-0.3, -0.25) is 9.59 Å². The van der Waals surface area contributed by atoms with Gasteiger partial charge in [-0.05, 0) is 15.9 Å². The van der Waals surface area contributed by atoms with Crippen LogP contribution in [-0.2, 0) is 9.53 Å². The monoisotopic (exact) mass is 246 g/mol. The van der Waals surface area contributed by atoms with Gasteiger partial charge in [0.1, 0.15) is 12.7 Å². The van der Waals surface area contributed by atoms with E-state index in [9.17, 15) is 9.59 Å². The maximum Gasteiger partial charge on any atom is 0.313 e. The topological polar surface area (TPSA) is 56.5 Å². The number of ether oxygens (including phenoxy) is 1. The van der Waals surface area contributed by atoms with Crippen LogP contribution in [0.5, 0.6) is 0 Å². The Morgan fingerprint density at radius 1 is 1.62 bits per heavy atom. The molecule has 1 rings (SSSR count). The van der Waals surface area contributed by atoms with Crippen LogP contribution >= 0.6 is 15.9 Å². The third kappa shape index (κ3) is 2.69. The number of carbonyl (C=O) groups excluding carboxylic acids is 2. The average molecular weight is 247 g/mol. The van der Waals surface area contributed by atoms with Gasteiger partial charge in [0.25, 0.3) is 0 Å². The molecule has 5 heteroatoms. The van der Waals surface area contributed by atoms with E-state index in [0.717, 1.165) is 0 Å². The van der Waals surface area contributed by atoms with Gasteiger partial charge in [0.2, 0.25) is 0 Å². The van der Waals surface area contributed by atoms with Gasteiger partial charge in [-0.25, -0.2) is 0 Å². The predicted octanol–water partition coefficient (Wildman–Crippen LogP) is 1.79. The fourth-order valence-corrected chi connectivity index (χ4v) is 1.10.